The van der Waals surface area contributed by atoms with Crippen molar-refractivity contribution in [2.75, 3.05) is 5.75 Å². The molecule has 3 nitrogen and oxygen atoms in total. The third kappa shape index (κ3) is 3.45. The second-order valence-electron chi connectivity index (χ2n) is 3.93. The molecule has 0 N–H and O–H groups in total. The minimum Gasteiger partial charge on any atom is -0.258 e. The predicted octanol–water partition coefficient (Wildman–Crippen LogP) is 4.54. The molecule has 0 bridgehead atoms. The summed E-state index contributed by atoms with van der Waals surface area (Å²) in [5.74, 6) is 0.886. The van der Waals surface area contributed by atoms with Crippen LogP contribution in [0.15, 0.2) is 66.1 Å². The number of non-ortho nitro benzene ring substituents is 1. The monoisotopic (exact) mass is 271 g/mol. The molecule has 0 spiro atoms. The lowest BCUT2D eigenvalue weighted by atomic mass is 10.1. The lowest BCUT2D eigenvalue weighted by molar-refractivity contribution is -0.384. The molecule has 19 heavy (non-hydrogen) atoms. The van der Waals surface area contributed by atoms with Crippen LogP contribution < -0.4 is 0 Å². The van der Waals surface area contributed by atoms with Gasteiger partial charge in [-0.3, -0.25) is 10.1 Å². The van der Waals surface area contributed by atoms with Gasteiger partial charge in [0.15, 0.2) is 0 Å². The summed E-state index contributed by atoms with van der Waals surface area (Å²) in [5.41, 5.74) is 2.14. The quantitative estimate of drug-likeness (QED) is 0.347. The molecule has 0 heterocycles. The predicted molar refractivity (Wildman–Crippen MR) is 79.5 cm³/mol. The molecule has 0 aliphatic carbocycles. The minimum absolute atomic E-state index is 0.113. The van der Waals surface area contributed by atoms with Gasteiger partial charge in [-0.05, 0) is 35.4 Å². The Bertz CT molecular complexity index is 576. The molecule has 2 rings (SSSR count). The zero-order valence-electron chi connectivity index (χ0n) is 10.3. The molecule has 0 aliphatic rings. The Morgan fingerprint density at radius 1 is 1.05 bits per heavy atom. The maximum Gasteiger partial charge on any atom is 0.269 e. The highest BCUT2D eigenvalue weighted by Gasteiger charge is 2.05. The fourth-order valence-electron chi connectivity index (χ4n) is 1.67. The standard InChI is InChI=1S/C15H13NO2S/c1-2-11-19-15-9-5-13(6-10-15)12-3-7-14(8-4-12)16(17)18/h2-10H,1,11H2. The number of nitro benzene ring substituents is 1. The smallest absolute Gasteiger partial charge is 0.258 e. The van der Waals surface area contributed by atoms with Crippen LogP contribution in [-0.4, -0.2) is 10.7 Å². The maximum atomic E-state index is 10.6. The van der Waals surface area contributed by atoms with E-state index in [1.165, 1.54) is 17.0 Å². The van der Waals surface area contributed by atoms with Gasteiger partial charge in [0.05, 0.1) is 4.92 Å². The molecular weight excluding hydrogens is 258 g/mol. The molecule has 0 unspecified atom stereocenters. The van der Waals surface area contributed by atoms with Crippen LogP contribution in [0.4, 0.5) is 5.69 Å². The van der Waals surface area contributed by atoms with Gasteiger partial charge < -0.3 is 0 Å². The third-order valence-corrected chi connectivity index (χ3v) is 3.64. The van der Waals surface area contributed by atoms with Crippen molar-refractivity contribution >= 4 is 17.4 Å². The van der Waals surface area contributed by atoms with Gasteiger partial charge >= 0.3 is 0 Å². The zero-order valence-corrected chi connectivity index (χ0v) is 11.1. The van der Waals surface area contributed by atoms with E-state index in [0.717, 1.165) is 16.9 Å². The van der Waals surface area contributed by atoms with E-state index < -0.39 is 4.92 Å². The largest absolute Gasteiger partial charge is 0.269 e. The number of thioether (sulfide) groups is 1. The molecule has 0 radical (unpaired) electrons. The van der Waals surface area contributed by atoms with Crippen LogP contribution in [0.3, 0.4) is 0 Å². The number of benzene rings is 2. The Morgan fingerprint density at radius 2 is 1.58 bits per heavy atom. The van der Waals surface area contributed by atoms with Crippen LogP contribution in [0, 0.1) is 10.1 Å². The van der Waals surface area contributed by atoms with Gasteiger partial charge in [-0.2, -0.15) is 0 Å². The lowest BCUT2D eigenvalue weighted by Gasteiger charge is -2.03. The second kappa shape index (κ2) is 6.20. The molecule has 0 aromatic heterocycles. The van der Waals surface area contributed by atoms with Gasteiger partial charge in [-0.1, -0.05) is 18.2 Å². The van der Waals surface area contributed by atoms with Crippen LogP contribution in [0.25, 0.3) is 11.1 Å². The van der Waals surface area contributed by atoms with Crippen molar-refractivity contribution in [1.29, 1.82) is 0 Å². The van der Waals surface area contributed by atoms with E-state index in [-0.39, 0.29) is 5.69 Å². The Morgan fingerprint density at radius 3 is 2.05 bits per heavy atom. The van der Waals surface area contributed by atoms with E-state index in [0.29, 0.717) is 0 Å². The molecule has 96 valence electrons. The Kier molecular flexibility index (Phi) is 4.36. The summed E-state index contributed by atoms with van der Waals surface area (Å²) in [5, 5.41) is 10.6. The van der Waals surface area contributed by atoms with Crippen molar-refractivity contribution in [3.8, 4) is 11.1 Å². The van der Waals surface area contributed by atoms with Crippen molar-refractivity contribution in [2.24, 2.45) is 0 Å². The molecule has 0 fully saturated rings. The van der Waals surface area contributed by atoms with Crippen LogP contribution in [0.1, 0.15) is 0 Å². The van der Waals surface area contributed by atoms with E-state index in [1.54, 1.807) is 23.9 Å². The Hall–Kier alpha value is -2.07. The average Bonchev–Trinajstić information content (AvgIpc) is 2.46. The Balaban J connectivity index is 2.17. The van der Waals surface area contributed by atoms with E-state index in [2.05, 4.69) is 6.58 Å². The van der Waals surface area contributed by atoms with E-state index >= 15 is 0 Å². The molecule has 0 atom stereocenters. The fraction of sp³-hybridized carbons (Fsp3) is 0.0667. The minimum atomic E-state index is -0.390. The number of hydrogen-bond donors (Lipinski definition) is 0. The van der Waals surface area contributed by atoms with Crippen molar-refractivity contribution in [3.63, 3.8) is 0 Å². The molecule has 0 saturated heterocycles. The first kappa shape index (κ1) is 13.4. The van der Waals surface area contributed by atoms with Gasteiger partial charge in [-0.15, -0.1) is 18.3 Å². The molecule has 0 amide bonds. The highest BCUT2D eigenvalue weighted by molar-refractivity contribution is 7.99. The summed E-state index contributed by atoms with van der Waals surface area (Å²) in [7, 11) is 0. The molecule has 2 aromatic carbocycles. The van der Waals surface area contributed by atoms with Crippen molar-refractivity contribution in [1.82, 2.24) is 0 Å². The molecule has 0 aliphatic heterocycles. The summed E-state index contributed by atoms with van der Waals surface area (Å²) in [4.78, 5) is 11.4. The van der Waals surface area contributed by atoms with Crippen LogP contribution in [0.2, 0.25) is 0 Å². The molecular formula is C15H13NO2S. The Labute approximate surface area is 116 Å². The molecule has 0 saturated carbocycles. The summed E-state index contributed by atoms with van der Waals surface area (Å²) in [6.45, 7) is 3.69. The van der Waals surface area contributed by atoms with Crippen LogP contribution in [0.5, 0.6) is 0 Å². The summed E-state index contributed by atoms with van der Waals surface area (Å²) in [6, 6.07) is 14.7. The number of hydrogen-bond acceptors (Lipinski definition) is 3. The lowest BCUT2D eigenvalue weighted by Crippen LogP contribution is -1.87. The topological polar surface area (TPSA) is 43.1 Å². The second-order valence-corrected chi connectivity index (χ2v) is 5.02. The first-order chi connectivity index (χ1) is 9.20. The highest BCUT2D eigenvalue weighted by atomic mass is 32.2. The first-order valence-corrected chi connectivity index (χ1v) is 6.78. The first-order valence-electron chi connectivity index (χ1n) is 5.79. The molecule has 2 aromatic rings. The van der Waals surface area contributed by atoms with Gasteiger partial charge in [0, 0.05) is 22.8 Å². The van der Waals surface area contributed by atoms with Crippen molar-refractivity contribution < 1.29 is 4.92 Å². The normalized spacial score (nSPS) is 10.1. The van der Waals surface area contributed by atoms with Crippen molar-refractivity contribution in [3.05, 3.63) is 71.3 Å². The van der Waals surface area contributed by atoms with Gasteiger partial charge in [0.1, 0.15) is 0 Å². The number of rotatable bonds is 5. The van der Waals surface area contributed by atoms with Crippen LogP contribution in [-0.2, 0) is 0 Å². The number of nitro groups is 1. The molecule has 4 heteroatoms. The van der Waals surface area contributed by atoms with E-state index in [1.807, 2.05) is 30.3 Å². The van der Waals surface area contributed by atoms with E-state index in [4.69, 9.17) is 0 Å². The maximum absolute atomic E-state index is 10.6. The highest BCUT2D eigenvalue weighted by Crippen LogP contribution is 2.25. The summed E-state index contributed by atoms with van der Waals surface area (Å²) in [6.07, 6.45) is 1.87. The average molecular weight is 271 g/mol. The van der Waals surface area contributed by atoms with E-state index in [9.17, 15) is 10.1 Å². The van der Waals surface area contributed by atoms with Crippen molar-refractivity contribution in [2.45, 2.75) is 4.90 Å². The zero-order chi connectivity index (χ0) is 13.7. The fourth-order valence-corrected chi connectivity index (χ4v) is 2.31. The SMILES string of the molecule is C=CCSc1ccc(-c2ccc([N+](=O)[O-])cc2)cc1. The van der Waals surface area contributed by atoms with Gasteiger partial charge in [0.2, 0.25) is 0 Å². The summed E-state index contributed by atoms with van der Waals surface area (Å²) < 4.78 is 0. The van der Waals surface area contributed by atoms with Crippen LogP contribution >= 0.6 is 11.8 Å². The summed E-state index contributed by atoms with van der Waals surface area (Å²) >= 11 is 1.72. The third-order valence-electron chi connectivity index (χ3n) is 2.63. The number of nitrogens with zero attached hydrogens (tertiary/aromatic N) is 1. The van der Waals surface area contributed by atoms with Gasteiger partial charge in [-0.25, -0.2) is 0 Å². The van der Waals surface area contributed by atoms with Gasteiger partial charge in [0.25, 0.3) is 5.69 Å².